The monoisotopic (exact) mass is 366 g/mol. The Kier molecular flexibility index (Phi) is 4.49. The fourth-order valence-electron chi connectivity index (χ4n) is 2.34. The Morgan fingerprint density at radius 1 is 1.23 bits per heavy atom. The van der Waals surface area contributed by atoms with E-state index in [-0.39, 0.29) is 23.6 Å². The van der Waals surface area contributed by atoms with Gasteiger partial charge in [-0.3, -0.25) is 0 Å². The Morgan fingerprint density at radius 3 is 2.50 bits per heavy atom. The number of ether oxygens (including phenoxy) is 2. The lowest BCUT2D eigenvalue weighted by atomic mass is 10.1. The average molecular weight is 366 g/mol. The second kappa shape index (κ2) is 6.62. The normalized spacial score (nSPS) is 11.6. The summed E-state index contributed by atoms with van der Waals surface area (Å²) in [6.07, 6.45) is -3.61. The summed E-state index contributed by atoms with van der Waals surface area (Å²) in [5, 5.41) is 3.49. The molecule has 0 N–H and O–H groups in total. The lowest BCUT2D eigenvalue weighted by molar-refractivity contribution is -0.144. The third kappa shape index (κ3) is 3.17. The van der Waals surface area contributed by atoms with Gasteiger partial charge in [-0.15, -0.1) is 5.10 Å². The third-order valence-corrected chi connectivity index (χ3v) is 3.48. The van der Waals surface area contributed by atoms with Crippen molar-refractivity contribution in [1.82, 2.24) is 19.6 Å². The number of aromatic nitrogens is 4. The second-order valence-electron chi connectivity index (χ2n) is 5.11. The number of benzene rings is 1. The molecule has 0 fully saturated rings. The van der Waals surface area contributed by atoms with E-state index in [1.807, 2.05) is 0 Å². The Hall–Kier alpha value is -3.17. The van der Waals surface area contributed by atoms with Crippen LogP contribution in [0.25, 0.3) is 17.0 Å². The number of hydrogen-bond donors (Lipinski definition) is 0. The average Bonchev–Trinajstić information content (AvgIpc) is 3.06. The van der Waals surface area contributed by atoms with Crippen LogP contribution in [0.15, 0.2) is 30.5 Å². The molecule has 7 nitrogen and oxygen atoms in total. The molecule has 2 heterocycles. The van der Waals surface area contributed by atoms with E-state index in [0.717, 1.165) is 10.7 Å². The molecule has 0 saturated heterocycles. The third-order valence-electron chi connectivity index (χ3n) is 3.48. The Balaban J connectivity index is 2.27. The van der Waals surface area contributed by atoms with Crippen LogP contribution >= 0.6 is 0 Å². The first-order chi connectivity index (χ1) is 12.3. The van der Waals surface area contributed by atoms with Crippen LogP contribution in [0.1, 0.15) is 23.1 Å². The van der Waals surface area contributed by atoms with E-state index in [1.54, 1.807) is 31.2 Å². The van der Waals surface area contributed by atoms with E-state index in [1.165, 1.54) is 7.11 Å². The van der Waals surface area contributed by atoms with Crippen LogP contribution in [0, 0.1) is 0 Å². The first-order valence-electron chi connectivity index (χ1n) is 7.49. The molecule has 1 aromatic carbocycles. The minimum Gasteiger partial charge on any atom is -0.497 e. The zero-order chi connectivity index (χ0) is 18.9. The standard InChI is InChI=1S/C16H13F3N4O3/c1-3-26-13(24)11-8-20-15-21-14(16(17,18)19)22-23(15)12(11)9-4-6-10(25-2)7-5-9/h4-8H,3H2,1-2H3. The summed E-state index contributed by atoms with van der Waals surface area (Å²) < 4.78 is 49.8. The van der Waals surface area contributed by atoms with Gasteiger partial charge in [0.2, 0.25) is 0 Å². The second-order valence-corrected chi connectivity index (χ2v) is 5.11. The smallest absolute Gasteiger partial charge is 0.453 e. The van der Waals surface area contributed by atoms with Crippen molar-refractivity contribution in [3.05, 3.63) is 41.9 Å². The minimum absolute atomic E-state index is 0.0249. The molecule has 0 amide bonds. The molecular weight excluding hydrogens is 353 g/mol. The van der Waals surface area contributed by atoms with Gasteiger partial charge in [0, 0.05) is 11.8 Å². The van der Waals surface area contributed by atoms with Crippen molar-refractivity contribution in [1.29, 1.82) is 0 Å². The molecule has 3 aromatic rings. The van der Waals surface area contributed by atoms with Crippen molar-refractivity contribution < 1.29 is 27.4 Å². The van der Waals surface area contributed by atoms with E-state index in [9.17, 15) is 18.0 Å². The fourth-order valence-corrected chi connectivity index (χ4v) is 2.34. The SMILES string of the molecule is CCOC(=O)c1cnc2nc(C(F)(F)F)nn2c1-c1ccc(OC)cc1. The van der Waals surface area contributed by atoms with Gasteiger partial charge in [0.1, 0.15) is 11.3 Å². The molecule has 26 heavy (non-hydrogen) atoms. The molecule has 0 saturated carbocycles. The van der Waals surface area contributed by atoms with E-state index < -0.39 is 18.0 Å². The molecule has 0 spiro atoms. The summed E-state index contributed by atoms with van der Waals surface area (Å²) in [5.74, 6) is -1.81. The molecule has 0 bridgehead atoms. The summed E-state index contributed by atoms with van der Waals surface area (Å²) in [7, 11) is 1.48. The van der Waals surface area contributed by atoms with Crippen LogP contribution in [0.2, 0.25) is 0 Å². The number of rotatable bonds is 4. The number of nitrogens with zero attached hydrogens (tertiary/aromatic N) is 4. The van der Waals surface area contributed by atoms with Crippen LogP contribution in [0.5, 0.6) is 5.75 Å². The highest BCUT2D eigenvalue weighted by Crippen LogP contribution is 2.30. The van der Waals surface area contributed by atoms with Crippen LogP contribution in [-0.2, 0) is 10.9 Å². The molecule has 0 aliphatic carbocycles. The maximum atomic E-state index is 13.0. The fraction of sp³-hybridized carbons (Fsp3) is 0.250. The first-order valence-corrected chi connectivity index (χ1v) is 7.49. The van der Waals surface area contributed by atoms with Crippen LogP contribution in [-0.4, -0.2) is 39.3 Å². The number of alkyl halides is 3. The van der Waals surface area contributed by atoms with Crippen LogP contribution in [0.3, 0.4) is 0 Å². The van der Waals surface area contributed by atoms with Crippen molar-refractivity contribution in [2.75, 3.05) is 13.7 Å². The highest BCUT2D eigenvalue weighted by atomic mass is 19.4. The summed E-state index contributed by atoms with van der Waals surface area (Å²) in [5.41, 5.74) is 0.502. The zero-order valence-electron chi connectivity index (χ0n) is 13.7. The molecule has 0 atom stereocenters. The number of carbonyl (C=O) groups excluding carboxylic acids is 1. The van der Waals surface area contributed by atoms with Gasteiger partial charge < -0.3 is 9.47 Å². The number of fused-ring (bicyclic) bond motifs is 1. The summed E-state index contributed by atoms with van der Waals surface area (Å²) >= 11 is 0. The zero-order valence-corrected chi connectivity index (χ0v) is 13.7. The maximum Gasteiger partial charge on any atom is 0.453 e. The topological polar surface area (TPSA) is 78.6 Å². The molecule has 10 heteroatoms. The molecule has 0 radical (unpaired) electrons. The molecule has 3 rings (SSSR count). The van der Waals surface area contributed by atoms with Crippen LogP contribution < -0.4 is 4.74 Å². The van der Waals surface area contributed by atoms with Crippen molar-refractivity contribution in [2.24, 2.45) is 0 Å². The van der Waals surface area contributed by atoms with E-state index in [2.05, 4.69) is 15.1 Å². The van der Waals surface area contributed by atoms with E-state index in [4.69, 9.17) is 9.47 Å². The molecule has 0 aliphatic rings. The number of halogens is 3. The molecule has 2 aromatic heterocycles. The number of hydrogen-bond acceptors (Lipinski definition) is 6. The summed E-state index contributed by atoms with van der Waals surface area (Å²) in [6.45, 7) is 1.72. The molecule has 136 valence electrons. The largest absolute Gasteiger partial charge is 0.497 e. The summed E-state index contributed by atoms with van der Waals surface area (Å²) in [4.78, 5) is 19.4. The predicted octanol–water partition coefficient (Wildman–Crippen LogP) is 3.00. The van der Waals surface area contributed by atoms with Gasteiger partial charge in [0.15, 0.2) is 0 Å². The van der Waals surface area contributed by atoms with E-state index >= 15 is 0 Å². The highest BCUT2D eigenvalue weighted by molar-refractivity contribution is 5.96. The number of carbonyl (C=O) groups is 1. The predicted molar refractivity (Wildman–Crippen MR) is 83.7 cm³/mol. The van der Waals surface area contributed by atoms with E-state index in [0.29, 0.717) is 11.3 Å². The van der Waals surface area contributed by atoms with Gasteiger partial charge in [0.25, 0.3) is 11.6 Å². The van der Waals surface area contributed by atoms with Crippen molar-refractivity contribution in [3.63, 3.8) is 0 Å². The maximum absolute atomic E-state index is 13.0. The molecular formula is C16H13F3N4O3. The first kappa shape index (κ1) is 17.6. The Bertz CT molecular complexity index is 952. The van der Waals surface area contributed by atoms with Crippen LogP contribution in [0.4, 0.5) is 13.2 Å². The van der Waals surface area contributed by atoms with Crippen molar-refractivity contribution in [3.8, 4) is 17.0 Å². The molecule has 0 unspecified atom stereocenters. The summed E-state index contributed by atoms with van der Waals surface area (Å²) in [6, 6.07) is 6.40. The van der Waals surface area contributed by atoms with Gasteiger partial charge in [0.05, 0.1) is 19.4 Å². The lowest BCUT2D eigenvalue weighted by Crippen LogP contribution is -2.11. The van der Waals surface area contributed by atoms with Gasteiger partial charge >= 0.3 is 12.1 Å². The van der Waals surface area contributed by atoms with Gasteiger partial charge in [-0.2, -0.15) is 22.7 Å². The van der Waals surface area contributed by atoms with Gasteiger partial charge in [-0.05, 0) is 31.2 Å². The number of esters is 1. The lowest BCUT2D eigenvalue weighted by Gasteiger charge is -2.10. The number of methoxy groups -OCH3 is 1. The highest BCUT2D eigenvalue weighted by Gasteiger charge is 2.37. The Labute approximate surface area is 145 Å². The molecule has 0 aliphatic heterocycles. The van der Waals surface area contributed by atoms with Crippen molar-refractivity contribution >= 4 is 11.7 Å². The Morgan fingerprint density at radius 2 is 1.92 bits per heavy atom. The quantitative estimate of drug-likeness (QED) is 0.661. The van der Waals surface area contributed by atoms with Gasteiger partial charge in [-0.1, -0.05) is 0 Å². The van der Waals surface area contributed by atoms with Gasteiger partial charge in [-0.25, -0.2) is 9.78 Å². The minimum atomic E-state index is -4.74. The van der Waals surface area contributed by atoms with Crippen molar-refractivity contribution in [2.45, 2.75) is 13.1 Å².